The number of ether oxygens (including phenoxy) is 1. The predicted molar refractivity (Wildman–Crippen MR) is 56.2 cm³/mol. The highest BCUT2D eigenvalue weighted by molar-refractivity contribution is 9.10. The van der Waals surface area contributed by atoms with E-state index in [0.29, 0.717) is 12.1 Å². The van der Waals surface area contributed by atoms with Crippen molar-refractivity contribution in [1.29, 1.82) is 0 Å². The van der Waals surface area contributed by atoms with Crippen LogP contribution in [0.1, 0.15) is 0 Å². The fourth-order valence-electron chi connectivity index (χ4n) is 1.05. The van der Waals surface area contributed by atoms with Gasteiger partial charge in [-0.1, -0.05) is 0 Å². The van der Waals surface area contributed by atoms with Gasteiger partial charge >= 0.3 is 12.3 Å². The first-order valence-corrected chi connectivity index (χ1v) is 5.37. The van der Waals surface area contributed by atoms with E-state index in [-0.39, 0.29) is 4.47 Å². The number of nitrogens with zero attached hydrogens (tertiary/aromatic N) is 1. The minimum absolute atomic E-state index is 0.222. The first kappa shape index (κ1) is 16.5. The van der Waals surface area contributed by atoms with E-state index in [4.69, 9.17) is 0 Å². The molecule has 0 saturated heterocycles. The van der Waals surface area contributed by atoms with Crippen LogP contribution in [0.5, 0.6) is 5.75 Å². The molecule has 0 saturated carbocycles. The van der Waals surface area contributed by atoms with Gasteiger partial charge in [0.1, 0.15) is 5.75 Å². The molecule has 1 rings (SSSR count). The number of benzene rings is 1. The molecule has 0 bridgehead atoms. The lowest BCUT2D eigenvalue weighted by Crippen LogP contribution is -2.45. The molecule has 1 aromatic carbocycles. The molecule has 1 aromatic rings. The van der Waals surface area contributed by atoms with E-state index in [9.17, 15) is 36.5 Å². The van der Waals surface area contributed by atoms with E-state index in [1.807, 2.05) is 0 Å². The van der Waals surface area contributed by atoms with Crippen LogP contribution in [0, 0.1) is 16.2 Å². The van der Waals surface area contributed by atoms with Gasteiger partial charge in [-0.15, -0.1) is 0 Å². The number of non-ortho nitro benzene ring substituents is 1. The highest BCUT2D eigenvalue weighted by Gasteiger charge is 2.59. The standard InChI is InChI=1S/C9H3BrF6NO3/c10-4-1-5(17(18)19)3-6(2-4)20-9(15,16)7(11)8(12,13)14/h2-3,7H. The Kier molecular flexibility index (Phi) is 4.52. The summed E-state index contributed by atoms with van der Waals surface area (Å²) in [6.45, 7) is 0. The van der Waals surface area contributed by atoms with Crippen LogP contribution in [0.2, 0.25) is 0 Å². The van der Waals surface area contributed by atoms with Crippen molar-refractivity contribution in [3.8, 4) is 5.75 Å². The third kappa shape index (κ3) is 3.99. The summed E-state index contributed by atoms with van der Waals surface area (Å²) in [5, 5.41) is 10.4. The van der Waals surface area contributed by atoms with Gasteiger partial charge in [-0.2, -0.15) is 22.0 Å². The average Bonchev–Trinajstić information content (AvgIpc) is 2.25. The first-order chi connectivity index (χ1) is 8.93. The topological polar surface area (TPSA) is 52.4 Å². The van der Waals surface area contributed by atoms with Crippen molar-refractivity contribution in [3.63, 3.8) is 0 Å². The molecule has 4 nitrogen and oxygen atoms in total. The zero-order valence-electron chi connectivity index (χ0n) is 9.05. The van der Waals surface area contributed by atoms with E-state index >= 15 is 0 Å². The molecule has 0 aliphatic rings. The fourth-order valence-corrected chi connectivity index (χ4v) is 1.48. The Balaban J connectivity index is 3.06. The Morgan fingerprint density at radius 1 is 1.30 bits per heavy atom. The molecule has 1 atom stereocenters. The van der Waals surface area contributed by atoms with Crippen molar-refractivity contribution >= 4 is 21.6 Å². The molecular formula is C9H3BrF6NO3. The van der Waals surface area contributed by atoms with Gasteiger partial charge in [-0.05, 0) is 22.0 Å². The molecule has 0 amide bonds. The van der Waals surface area contributed by atoms with Gasteiger partial charge in [0.25, 0.3) is 11.9 Å². The van der Waals surface area contributed by atoms with E-state index in [0.717, 1.165) is 0 Å². The number of hydrogen-bond acceptors (Lipinski definition) is 3. The summed E-state index contributed by atoms with van der Waals surface area (Å²) in [6.07, 6.45) is -15.6. The highest BCUT2D eigenvalue weighted by atomic mass is 79.9. The molecular weight excluding hydrogens is 364 g/mol. The zero-order chi connectivity index (χ0) is 15.7. The Labute approximate surface area is 115 Å². The summed E-state index contributed by atoms with van der Waals surface area (Å²) < 4.78 is 77.5. The predicted octanol–water partition coefficient (Wildman–Crippen LogP) is 4.03. The lowest BCUT2D eigenvalue weighted by molar-refractivity contribution is -0.385. The summed E-state index contributed by atoms with van der Waals surface area (Å²) in [4.78, 5) is 9.39. The Morgan fingerprint density at radius 2 is 1.85 bits per heavy atom. The Hall–Kier alpha value is -1.52. The molecule has 0 fully saturated rings. The van der Waals surface area contributed by atoms with Gasteiger partial charge in [-0.25, -0.2) is 4.39 Å². The highest BCUT2D eigenvalue weighted by Crippen LogP contribution is 2.37. The monoisotopic (exact) mass is 366 g/mol. The second-order valence-electron chi connectivity index (χ2n) is 3.37. The van der Waals surface area contributed by atoms with Crippen molar-refractivity contribution in [2.45, 2.75) is 18.5 Å². The summed E-state index contributed by atoms with van der Waals surface area (Å²) >= 11 is 2.66. The van der Waals surface area contributed by atoms with Crippen LogP contribution in [0.15, 0.2) is 16.6 Å². The average molecular weight is 367 g/mol. The van der Waals surface area contributed by atoms with Crippen molar-refractivity contribution in [3.05, 3.63) is 32.8 Å². The van der Waals surface area contributed by atoms with Crippen LogP contribution in [0.25, 0.3) is 0 Å². The summed E-state index contributed by atoms with van der Waals surface area (Å²) in [5.41, 5.74) is -0.840. The van der Waals surface area contributed by atoms with E-state index in [1.54, 1.807) is 0 Å². The van der Waals surface area contributed by atoms with Gasteiger partial charge in [-0.3, -0.25) is 10.1 Å². The maximum Gasteiger partial charge on any atom is 0.439 e. The maximum absolute atomic E-state index is 13.0. The number of nitro groups is 1. The third-order valence-electron chi connectivity index (χ3n) is 1.83. The molecule has 111 valence electrons. The van der Waals surface area contributed by atoms with E-state index < -0.39 is 34.8 Å². The maximum atomic E-state index is 13.0. The summed E-state index contributed by atoms with van der Waals surface area (Å²) in [6, 6.07) is 3.14. The number of nitro benzene ring substituents is 1. The minimum Gasteiger partial charge on any atom is -0.430 e. The van der Waals surface area contributed by atoms with E-state index in [1.165, 1.54) is 0 Å². The second kappa shape index (κ2) is 5.46. The second-order valence-corrected chi connectivity index (χ2v) is 4.23. The SMILES string of the molecule is O=[N+]([O-])c1[c]c(Br)cc(OC(F)(F)C(F)C(F)(F)F)c1. The minimum atomic E-state index is -5.84. The quantitative estimate of drug-likeness (QED) is 0.459. The molecule has 0 aliphatic heterocycles. The largest absolute Gasteiger partial charge is 0.439 e. The van der Waals surface area contributed by atoms with Gasteiger partial charge < -0.3 is 4.74 Å². The van der Waals surface area contributed by atoms with Crippen LogP contribution in [0.3, 0.4) is 0 Å². The fraction of sp³-hybridized carbons (Fsp3) is 0.333. The first-order valence-electron chi connectivity index (χ1n) is 4.58. The molecule has 0 N–H and O–H groups in total. The molecule has 1 radical (unpaired) electrons. The van der Waals surface area contributed by atoms with Crippen molar-refractivity contribution in [2.24, 2.45) is 0 Å². The lowest BCUT2D eigenvalue weighted by atomic mass is 10.3. The van der Waals surface area contributed by atoms with Gasteiger partial charge in [0, 0.05) is 4.47 Å². The summed E-state index contributed by atoms with van der Waals surface area (Å²) in [7, 11) is 0. The Bertz CT molecular complexity index is 521. The van der Waals surface area contributed by atoms with Crippen LogP contribution in [-0.2, 0) is 0 Å². The zero-order valence-corrected chi connectivity index (χ0v) is 10.6. The van der Waals surface area contributed by atoms with Crippen LogP contribution >= 0.6 is 15.9 Å². The Morgan fingerprint density at radius 3 is 2.30 bits per heavy atom. The van der Waals surface area contributed by atoms with Crippen molar-refractivity contribution < 1.29 is 36.0 Å². The molecule has 0 aromatic heterocycles. The van der Waals surface area contributed by atoms with Gasteiger partial charge in [0.05, 0.1) is 17.1 Å². The van der Waals surface area contributed by atoms with Gasteiger partial charge in [0.2, 0.25) is 0 Å². The lowest BCUT2D eigenvalue weighted by Gasteiger charge is -2.22. The molecule has 0 heterocycles. The number of rotatable bonds is 4. The molecule has 11 heteroatoms. The molecule has 1 unspecified atom stereocenters. The number of alkyl halides is 6. The summed E-state index contributed by atoms with van der Waals surface area (Å²) in [5.74, 6) is -1.01. The molecule has 0 aliphatic carbocycles. The van der Waals surface area contributed by atoms with E-state index in [2.05, 4.69) is 26.7 Å². The molecule has 0 spiro atoms. The normalized spacial score (nSPS) is 13.9. The smallest absolute Gasteiger partial charge is 0.430 e. The van der Waals surface area contributed by atoms with Crippen LogP contribution < -0.4 is 4.74 Å². The van der Waals surface area contributed by atoms with Crippen LogP contribution in [0.4, 0.5) is 32.0 Å². The molecule has 20 heavy (non-hydrogen) atoms. The van der Waals surface area contributed by atoms with Crippen molar-refractivity contribution in [1.82, 2.24) is 0 Å². The number of hydrogen-bond donors (Lipinski definition) is 0. The third-order valence-corrected chi connectivity index (χ3v) is 2.26. The van der Waals surface area contributed by atoms with Gasteiger partial charge in [0.15, 0.2) is 0 Å². The van der Waals surface area contributed by atoms with Crippen LogP contribution in [-0.4, -0.2) is 23.4 Å². The van der Waals surface area contributed by atoms with Crippen molar-refractivity contribution in [2.75, 3.05) is 0 Å². The number of halogens is 7.